The molecule has 0 aromatic rings. The molecule has 0 aliphatic carbocycles. The maximum absolute atomic E-state index is 11.9. The summed E-state index contributed by atoms with van der Waals surface area (Å²) in [5.74, 6) is 0.468. The molecule has 2 rings (SSSR count). The molecule has 2 aliphatic rings. The molecule has 2 heterocycles. The summed E-state index contributed by atoms with van der Waals surface area (Å²) in [6.07, 6.45) is 0. The van der Waals surface area contributed by atoms with Gasteiger partial charge >= 0.3 is 5.97 Å². The Labute approximate surface area is 92.2 Å². The molecule has 0 aromatic carbocycles. The molecule has 0 radical (unpaired) electrons. The Balaban J connectivity index is 2.03. The number of hydrogen-bond acceptors (Lipinski definition) is 4. The number of nitrogens with one attached hydrogen (secondary N) is 1. The van der Waals surface area contributed by atoms with Gasteiger partial charge in [-0.25, -0.2) is 4.79 Å². The fourth-order valence-corrected chi connectivity index (χ4v) is 2.81. The van der Waals surface area contributed by atoms with Gasteiger partial charge in [0.25, 0.3) is 0 Å². The number of carboxylic acid groups (broad SMARTS) is 1. The molecule has 2 fully saturated rings. The Morgan fingerprint density at radius 2 is 2.13 bits per heavy atom. The van der Waals surface area contributed by atoms with E-state index in [1.165, 1.54) is 4.90 Å². The van der Waals surface area contributed by atoms with E-state index in [9.17, 15) is 9.59 Å². The van der Waals surface area contributed by atoms with Crippen molar-refractivity contribution in [2.24, 2.45) is 5.92 Å². The maximum Gasteiger partial charge on any atom is 0.327 e. The van der Waals surface area contributed by atoms with E-state index in [1.807, 2.05) is 0 Å². The van der Waals surface area contributed by atoms with Crippen LogP contribution >= 0.6 is 11.8 Å². The van der Waals surface area contributed by atoms with Crippen LogP contribution in [0.5, 0.6) is 0 Å². The molecule has 2 aliphatic heterocycles. The highest BCUT2D eigenvalue weighted by atomic mass is 32.2. The molecule has 0 aromatic heterocycles. The summed E-state index contributed by atoms with van der Waals surface area (Å²) in [7, 11) is 0. The lowest BCUT2D eigenvalue weighted by Gasteiger charge is -2.37. The van der Waals surface area contributed by atoms with Gasteiger partial charge in [-0.2, -0.15) is 11.8 Å². The minimum absolute atomic E-state index is 0.00134. The zero-order valence-corrected chi connectivity index (χ0v) is 9.13. The van der Waals surface area contributed by atoms with Crippen molar-refractivity contribution in [2.75, 3.05) is 31.1 Å². The van der Waals surface area contributed by atoms with Crippen LogP contribution in [0, 0.1) is 5.92 Å². The van der Waals surface area contributed by atoms with Gasteiger partial charge in [-0.05, 0) is 0 Å². The van der Waals surface area contributed by atoms with Crippen molar-refractivity contribution in [3.05, 3.63) is 0 Å². The molecule has 2 saturated heterocycles. The van der Waals surface area contributed by atoms with E-state index < -0.39 is 12.0 Å². The van der Waals surface area contributed by atoms with Crippen molar-refractivity contribution in [3.8, 4) is 0 Å². The first kappa shape index (κ1) is 10.8. The Bertz CT molecular complexity index is 281. The topological polar surface area (TPSA) is 69.6 Å². The summed E-state index contributed by atoms with van der Waals surface area (Å²) >= 11 is 1.60. The number of rotatable bonds is 2. The standard InChI is InChI=1S/C9H14N2O3S/c12-8(6-3-10-4-6)11-1-2-15-5-7(11)9(13)14/h6-7,10H,1-5H2,(H,13,14). The summed E-state index contributed by atoms with van der Waals surface area (Å²) in [5, 5.41) is 12.0. The molecule has 1 atom stereocenters. The number of aliphatic carboxylic acids is 1. The van der Waals surface area contributed by atoms with Crippen LogP contribution in [0.15, 0.2) is 0 Å². The molecule has 84 valence electrons. The van der Waals surface area contributed by atoms with Crippen LogP contribution < -0.4 is 5.32 Å². The van der Waals surface area contributed by atoms with Crippen molar-refractivity contribution in [1.29, 1.82) is 0 Å². The number of carbonyl (C=O) groups is 2. The molecule has 1 amide bonds. The highest BCUT2D eigenvalue weighted by Gasteiger charge is 2.37. The summed E-state index contributed by atoms with van der Waals surface area (Å²) in [5.41, 5.74) is 0. The Morgan fingerprint density at radius 3 is 2.67 bits per heavy atom. The third-order valence-corrected chi connectivity index (χ3v) is 3.85. The Kier molecular flexibility index (Phi) is 3.16. The van der Waals surface area contributed by atoms with Gasteiger partial charge in [-0.3, -0.25) is 4.79 Å². The van der Waals surface area contributed by atoms with Gasteiger partial charge in [-0.1, -0.05) is 0 Å². The average molecular weight is 230 g/mol. The Morgan fingerprint density at radius 1 is 1.40 bits per heavy atom. The average Bonchev–Trinajstić information content (AvgIpc) is 2.15. The van der Waals surface area contributed by atoms with Crippen LogP contribution in [0.1, 0.15) is 0 Å². The van der Waals surface area contributed by atoms with Crippen molar-refractivity contribution in [1.82, 2.24) is 10.2 Å². The van der Waals surface area contributed by atoms with E-state index in [4.69, 9.17) is 5.11 Å². The second kappa shape index (κ2) is 4.40. The van der Waals surface area contributed by atoms with E-state index >= 15 is 0 Å². The van der Waals surface area contributed by atoms with Crippen LogP contribution in [-0.4, -0.2) is 59.1 Å². The van der Waals surface area contributed by atoms with Gasteiger partial charge in [0.15, 0.2) is 0 Å². The van der Waals surface area contributed by atoms with Gasteiger partial charge < -0.3 is 15.3 Å². The predicted molar refractivity (Wildman–Crippen MR) is 56.8 cm³/mol. The van der Waals surface area contributed by atoms with E-state index in [-0.39, 0.29) is 11.8 Å². The number of amides is 1. The molecule has 5 nitrogen and oxygen atoms in total. The van der Waals surface area contributed by atoms with Gasteiger partial charge in [0.05, 0.1) is 5.92 Å². The van der Waals surface area contributed by atoms with Gasteiger partial charge in [0.2, 0.25) is 5.91 Å². The lowest BCUT2D eigenvalue weighted by Crippen LogP contribution is -2.58. The highest BCUT2D eigenvalue weighted by Crippen LogP contribution is 2.20. The number of hydrogen-bond donors (Lipinski definition) is 2. The minimum atomic E-state index is -0.886. The highest BCUT2D eigenvalue weighted by molar-refractivity contribution is 7.99. The van der Waals surface area contributed by atoms with Crippen molar-refractivity contribution >= 4 is 23.6 Å². The summed E-state index contributed by atoms with van der Waals surface area (Å²) in [4.78, 5) is 24.4. The molecular weight excluding hydrogens is 216 g/mol. The number of carbonyl (C=O) groups excluding carboxylic acids is 1. The first-order valence-corrected chi connectivity index (χ1v) is 6.17. The fraction of sp³-hybridized carbons (Fsp3) is 0.778. The van der Waals surface area contributed by atoms with E-state index in [1.54, 1.807) is 11.8 Å². The zero-order chi connectivity index (χ0) is 10.8. The number of nitrogens with zero attached hydrogens (tertiary/aromatic N) is 1. The summed E-state index contributed by atoms with van der Waals surface area (Å²) < 4.78 is 0. The molecule has 15 heavy (non-hydrogen) atoms. The molecule has 0 saturated carbocycles. The smallest absolute Gasteiger partial charge is 0.327 e. The first-order chi connectivity index (χ1) is 7.20. The van der Waals surface area contributed by atoms with Crippen LogP contribution in [0.2, 0.25) is 0 Å². The Hall–Kier alpha value is -0.750. The zero-order valence-electron chi connectivity index (χ0n) is 8.31. The summed E-state index contributed by atoms with van der Waals surface area (Å²) in [6, 6.07) is -0.628. The minimum Gasteiger partial charge on any atom is -0.480 e. The monoisotopic (exact) mass is 230 g/mol. The predicted octanol–water partition coefficient (Wildman–Crippen LogP) is -0.766. The first-order valence-electron chi connectivity index (χ1n) is 5.02. The third-order valence-electron chi connectivity index (χ3n) is 2.83. The van der Waals surface area contributed by atoms with Crippen molar-refractivity contribution in [3.63, 3.8) is 0 Å². The van der Waals surface area contributed by atoms with E-state index in [0.717, 1.165) is 5.75 Å². The van der Waals surface area contributed by atoms with Crippen LogP contribution in [0.4, 0.5) is 0 Å². The molecule has 0 spiro atoms. The number of carboxylic acids is 1. The SMILES string of the molecule is O=C(O)C1CSCCN1C(=O)C1CNC1. The lowest BCUT2D eigenvalue weighted by molar-refractivity contribution is -0.151. The second-order valence-corrected chi connectivity index (χ2v) is 4.97. The van der Waals surface area contributed by atoms with Gasteiger partial charge in [-0.15, -0.1) is 0 Å². The summed E-state index contributed by atoms with van der Waals surface area (Å²) in [6.45, 7) is 1.95. The van der Waals surface area contributed by atoms with Crippen molar-refractivity contribution in [2.45, 2.75) is 6.04 Å². The molecule has 1 unspecified atom stereocenters. The third kappa shape index (κ3) is 2.10. The normalized spacial score (nSPS) is 27.2. The fourth-order valence-electron chi connectivity index (χ4n) is 1.77. The van der Waals surface area contributed by atoms with Crippen molar-refractivity contribution < 1.29 is 14.7 Å². The maximum atomic E-state index is 11.9. The number of thioether (sulfide) groups is 1. The lowest BCUT2D eigenvalue weighted by atomic mass is 10.0. The molecule has 6 heteroatoms. The molecular formula is C9H14N2O3S. The quantitative estimate of drug-likeness (QED) is 0.652. The van der Waals surface area contributed by atoms with Crippen LogP contribution in [-0.2, 0) is 9.59 Å². The largest absolute Gasteiger partial charge is 0.480 e. The van der Waals surface area contributed by atoms with Crippen LogP contribution in [0.25, 0.3) is 0 Å². The molecule has 0 bridgehead atoms. The van der Waals surface area contributed by atoms with E-state index in [2.05, 4.69) is 5.32 Å². The second-order valence-electron chi connectivity index (χ2n) is 3.82. The van der Waals surface area contributed by atoms with Crippen LogP contribution in [0.3, 0.4) is 0 Å². The van der Waals surface area contributed by atoms with Gasteiger partial charge in [0, 0.05) is 31.1 Å². The van der Waals surface area contributed by atoms with Gasteiger partial charge in [0.1, 0.15) is 6.04 Å². The molecule has 2 N–H and O–H groups in total. The van der Waals surface area contributed by atoms with E-state index in [0.29, 0.717) is 25.4 Å².